The van der Waals surface area contributed by atoms with E-state index in [9.17, 15) is 21.6 Å². The monoisotopic (exact) mass is 323 g/mol. The Labute approximate surface area is 121 Å². The summed E-state index contributed by atoms with van der Waals surface area (Å²) in [6, 6.07) is 0.966. The van der Waals surface area contributed by atoms with Gasteiger partial charge in [0.2, 0.25) is 10.0 Å². The minimum absolute atomic E-state index is 0.0744. The van der Waals surface area contributed by atoms with Gasteiger partial charge in [-0.3, -0.25) is 0 Å². The van der Waals surface area contributed by atoms with Crippen LogP contribution in [-0.4, -0.2) is 42.0 Å². The highest BCUT2D eigenvalue weighted by Gasteiger charge is 2.34. The molecule has 0 radical (unpaired) electrons. The quantitative estimate of drug-likeness (QED) is 0.834. The molecule has 0 aliphatic carbocycles. The first-order chi connectivity index (χ1) is 9.57. The summed E-state index contributed by atoms with van der Waals surface area (Å²) in [4.78, 5) is 7.49. The maximum Gasteiger partial charge on any atom is 0.433 e. The number of nitrogens with zero attached hydrogens (tertiary/aromatic N) is 3. The maximum atomic E-state index is 12.8. The third kappa shape index (κ3) is 3.91. The van der Waals surface area contributed by atoms with Crippen molar-refractivity contribution in [1.82, 2.24) is 14.3 Å². The lowest BCUT2D eigenvalue weighted by molar-refractivity contribution is -0.141. The van der Waals surface area contributed by atoms with Gasteiger partial charge in [0, 0.05) is 24.7 Å². The average molecular weight is 323 g/mol. The smallest absolute Gasteiger partial charge is 0.238 e. The Morgan fingerprint density at radius 3 is 2.29 bits per heavy atom. The van der Waals surface area contributed by atoms with Crippen LogP contribution in [0.15, 0.2) is 6.07 Å². The van der Waals surface area contributed by atoms with Crippen molar-refractivity contribution >= 4 is 10.0 Å². The van der Waals surface area contributed by atoms with Crippen molar-refractivity contribution in [3.8, 4) is 0 Å². The van der Waals surface area contributed by atoms with E-state index >= 15 is 0 Å². The zero-order valence-corrected chi connectivity index (χ0v) is 12.5. The normalized spacial score (nSPS) is 18.9. The number of rotatable bonds is 2. The first-order valence-electron chi connectivity index (χ1n) is 6.45. The molecule has 0 aromatic carbocycles. The number of aryl methyl sites for hydroxylation is 1. The van der Waals surface area contributed by atoms with Gasteiger partial charge >= 0.3 is 6.18 Å². The van der Waals surface area contributed by atoms with Gasteiger partial charge < -0.3 is 0 Å². The van der Waals surface area contributed by atoms with E-state index in [1.54, 1.807) is 0 Å². The average Bonchev–Trinajstić information content (AvgIpc) is 2.36. The Morgan fingerprint density at radius 1 is 1.24 bits per heavy atom. The molecular formula is C12H16F3N3O2S. The van der Waals surface area contributed by atoms with Crippen LogP contribution in [-0.2, 0) is 16.2 Å². The van der Waals surface area contributed by atoms with Crippen LogP contribution in [0, 0.1) is 6.92 Å². The minimum Gasteiger partial charge on any atom is -0.238 e. The number of hydrogen-bond donors (Lipinski definition) is 0. The molecule has 5 nitrogen and oxygen atoms in total. The van der Waals surface area contributed by atoms with E-state index in [0.717, 1.165) is 12.3 Å². The number of hydrogen-bond acceptors (Lipinski definition) is 4. The number of halogens is 3. The topological polar surface area (TPSA) is 63.2 Å². The van der Waals surface area contributed by atoms with Crippen LogP contribution in [0.3, 0.4) is 0 Å². The second kappa shape index (κ2) is 5.53. The summed E-state index contributed by atoms with van der Waals surface area (Å²) in [6.07, 6.45) is -2.46. The van der Waals surface area contributed by atoms with E-state index in [2.05, 4.69) is 9.97 Å². The second-order valence-electron chi connectivity index (χ2n) is 5.16. The second-order valence-corrected chi connectivity index (χ2v) is 7.14. The number of aromatic nitrogens is 2. The summed E-state index contributed by atoms with van der Waals surface area (Å²) >= 11 is 0. The fraction of sp³-hybridized carbons (Fsp3) is 0.667. The molecule has 1 aliphatic rings. The zero-order chi connectivity index (χ0) is 15.8. The van der Waals surface area contributed by atoms with E-state index < -0.39 is 21.9 Å². The lowest BCUT2D eigenvalue weighted by atomic mass is 9.94. The Morgan fingerprint density at radius 2 is 1.81 bits per heavy atom. The van der Waals surface area contributed by atoms with Crippen LogP contribution in [0.2, 0.25) is 0 Å². The fourth-order valence-corrected chi connectivity index (χ4v) is 3.30. The number of sulfonamides is 1. The highest BCUT2D eigenvalue weighted by Crippen LogP contribution is 2.32. The van der Waals surface area contributed by atoms with Crippen molar-refractivity contribution in [3.05, 3.63) is 23.3 Å². The first-order valence-corrected chi connectivity index (χ1v) is 8.30. The Hall–Kier alpha value is -1.22. The van der Waals surface area contributed by atoms with Crippen LogP contribution in [0.25, 0.3) is 0 Å². The van der Waals surface area contributed by atoms with Crippen molar-refractivity contribution in [3.63, 3.8) is 0 Å². The van der Waals surface area contributed by atoms with Gasteiger partial charge in [0.05, 0.1) is 6.26 Å². The van der Waals surface area contributed by atoms with E-state index in [-0.39, 0.29) is 11.7 Å². The van der Waals surface area contributed by atoms with Gasteiger partial charge in [-0.25, -0.2) is 22.7 Å². The first kappa shape index (κ1) is 16.2. The van der Waals surface area contributed by atoms with Gasteiger partial charge in [0.15, 0.2) is 0 Å². The van der Waals surface area contributed by atoms with Crippen molar-refractivity contribution in [2.75, 3.05) is 19.3 Å². The summed E-state index contributed by atoms with van der Waals surface area (Å²) in [5.74, 6) is -0.101. The minimum atomic E-state index is -4.50. The summed E-state index contributed by atoms with van der Waals surface area (Å²) in [5.41, 5.74) is -0.612. The molecule has 0 saturated carbocycles. The molecule has 1 aromatic rings. The van der Waals surface area contributed by atoms with Crippen LogP contribution in [0.5, 0.6) is 0 Å². The van der Waals surface area contributed by atoms with Gasteiger partial charge in [-0.05, 0) is 25.8 Å². The molecule has 1 saturated heterocycles. The van der Waals surface area contributed by atoms with Gasteiger partial charge in [-0.15, -0.1) is 0 Å². The van der Waals surface area contributed by atoms with Crippen LogP contribution in [0.1, 0.15) is 36.0 Å². The van der Waals surface area contributed by atoms with Crippen LogP contribution < -0.4 is 0 Å². The largest absolute Gasteiger partial charge is 0.433 e. The van der Waals surface area contributed by atoms with E-state index in [1.165, 1.54) is 11.2 Å². The lowest BCUT2D eigenvalue weighted by Gasteiger charge is -2.30. The Balaban J connectivity index is 2.19. The van der Waals surface area contributed by atoms with Gasteiger partial charge in [0.25, 0.3) is 0 Å². The third-order valence-corrected chi connectivity index (χ3v) is 4.79. The molecule has 0 bridgehead atoms. The van der Waals surface area contributed by atoms with Crippen LogP contribution in [0.4, 0.5) is 13.2 Å². The van der Waals surface area contributed by atoms with E-state index in [1.807, 2.05) is 0 Å². The van der Waals surface area contributed by atoms with Crippen molar-refractivity contribution in [2.24, 2.45) is 0 Å². The molecule has 0 atom stereocenters. The predicted octanol–water partition coefficient (Wildman–Crippen LogP) is 1.94. The zero-order valence-electron chi connectivity index (χ0n) is 11.7. The molecule has 2 rings (SSSR count). The molecule has 0 spiro atoms. The van der Waals surface area contributed by atoms with E-state index in [4.69, 9.17) is 0 Å². The number of piperidine rings is 1. The fourth-order valence-electron chi connectivity index (χ4n) is 2.43. The lowest BCUT2D eigenvalue weighted by Crippen LogP contribution is -2.37. The summed E-state index contributed by atoms with van der Waals surface area (Å²) in [6.45, 7) is 2.02. The molecule has 21 heavy (non-hydrogen) atoms. The standard InChI is InChI=1S/C12H16F3N3O2S/c1-8-16-10(7-11(17-8)12(13,14)15)9-3-5-18(6-4-9)21(2,19)20/h7,9H,3-6H2,1-2H3. The predicted molar refractivity (Wildman–Crippen MR) is 70.2 cm³/mol. The molecule has 0 N–H and O–H groups in total. The summed E-state index contributed by atoms with van der Waals surface area (Å²) < 4.78 is 62.4. The summed E-state index contributed by atoms with van der Waals surface area (Å²) in [7, 11) is -3.25. The van der Waals surface area contributed by atoms with Crippen molar-refractivity contribution < 1.29 is 21.6 Å². The van der Waals surface area contributed by atoms with Crippen molar-refractivity contribution in [1.29, 1.82) is 0 Å². The molecule has 0 unspecified atom stereocenters. The van der Waals surface area contributed by atoms with E-state index in [0.29, 0.717) is 31.6 Å². The highest BCUT2D eigenvalue weighted by molar-refractivity contribution is 7.88. The molecule has 2 heterocycles. The molecule has 1 aliphatic heterocycles. The molecule has 9 heteroatoms. The molecule has 1 fully saturated rings. The molecule has 0 amide bonds. The van der Waals surface area contributed by atoms with Crippen molar-refractivity contribution in [2.45, 2.75) is 31.9 Å². The Bertz CT molecular complexity index is 623. The van der Waals surface area contributed by atoms with Gasteiger partial charge in [-0.2, -0.15) is 13.2 Å². The third-order valence-electron chi connectivity index (χ3n) is 3.49. The SMILES string of the molecule is Cc1nc(C2CCN(S(C)(=O)=O)CC2)cc(C(F)(F)F)n1. The van der Waals surface area contributed by atoms with Gasteiger partial charge in [0.1, 0.15) is 11.5 Å². The maximum absolute atomic E-state index is 12.8. The Kier molecular flexibility index (Phi) is 4.25. The van der Waals surface area contributed by atoms with Crippen LogP contribution >= 0.6 is 0 Å². The summed E-state index contributed by atoms with van der Waals surface area (Å²) in [5, 5.41) is 0. The highest BCUT2D eigenvalue weighted by atomic mass is 32.2. The van der Waals surface area contributed by atoms with Gasteiger partial charge in [-0.1, -0.05) is 0 Å². The molecule has 1 aromatic heterocycles. The molecular weight excluding hydrogens is 307 g/mol. The molecule has 118 valence electrons. The number of alkyl halides is 3.